The predicted molar refractivity (Wildman–Crippen MR) is 97.9 cm³/mol. The van der Waals surface area contributed by atoms with Gasteiger partial charge in [-0.25, -0.2) is 0 Å². The second-order valence-electron chi connectivity index (χ2n) is 4.64. The fraction of sp³-hybridized carbons (Fsp3) is 0.333. The molecule has 8 heteroatoms. The molecule has 0 saturated carbocycles. The van der Waals surface area contributed by atoms with Gasteiger partial charge in [0.25, 0.3) is 5.91 Å². The number of amides is 1. The summed E-state index contributed by atoms with van der Waals surface area (Å²) < 4.78 is 11.4. The van der Waals surface area contributed by atoms with Gasteiger partial charge < -0.3 is 14.8 Å². The average Bonchev–Trinajstić information content (AvgIpc) is 2.52. The fourth-order valence-corrected chi connectivity index (χ4v) is 2.28. The molecule has 0 aromatic heterocycles. The maximum Gasteiger partial charge on any atom is 0.269 e. The van der Waals surface area contributed by atoms with Crippen LogP contribution in [0.4, 0.5) is 0 Å². The minimum absolute atomic E-state index is 0.304. The molecule has 0 heterocycles. The molecular formula is C15H20BrN3O3S. The van der Waals surface area contributed by atoms with Gasteiger partial charge in [-0.1, -0.05) is 12.2 Å². The Morgan fingerprint density at radius 3 is 2.65 bits per heavy atom. The van der Waals surface area contributed by atoms with Crippen LogP contribution >= 0.6 is 28.1 Å². The van der Waals surface area contributed by atoms with E-state index in [0.29, 0.717) is 39.8 Å². The smallest absolute Gasteiger partial charge is 0.269 e. The summed E-state index contributed by atoms with van der Waals surface area (Å²) in [6.45, 7) is 8.52. The maximum absolute atomic E-state index is 12.2. The summed E-state index contributed by atoms with van der Waals surface area (Å²) in [5.41, 5.74) is 6.47. The molecule has 6 nitrogen and oxygen atoms in total. The van der Waals surface area contributed by atoms with Crippen LogP contribution in [0.15, 0.2) is 28.8 Å². The zero-order chi connectivity index (χ0) is 17.4. The summed E-state index contributed by atoms with van der Waals surface area (Å²) in [6, 6.07) is 3.24. The third-order valence-electron chi connectivity index (χ3n) is 2.62. The van der Waals surface area contributed by atoms with Crippen LogP contribution in [0.3, 0.4) is 0 Å². The first-order chi connectivity index (χ1) is 10.9. The zero-order valence-electron chi connectivity index (χ0n) is 13.3. The van der Waals surface area contributed by atoms with E-state index in [-0.39, 0.29) is 5.91 Å². The molecule has 0 spiro atoms. The van der Waals surface area contributed by atoms with E-state index in [9.17, 15) is 4.79 Å². The van der Waals surface area contributed by atoms with E-state index in [4.69, 9.17) is 21.7 Å². The van der Waals surface area contributed by atoms with Crippen molar-refractivity contribution in [3.63, 3.8) is 0 Å². The van der Waals surface area contributed by atoms with E-state index in [2.05, 4.69) is 38.7 Å². The Labute approximate surface area is 149 Å². The summed E-state index contributed by atoms with van der Waals surface area (Å²) in [5, 5.41) is 3.20. The number of benzene rings is 1. The monoisotopic (exact) mass is 401 g/mol. The van der Waals surface area contributed by atoms with Gasteiger partial charge in [0, 0.05) is 12.1 Å². The first kappa shape index (κ1) is 19.2. The van der Waals surface area contributed by atoms with E-state index in [1.807, 2.05) is 13.8 Å². The van der Waals surface area contributed by atoms with Crippen molar-refractivity contribution in [2.24, 2.45) is 0 Å². The molecule has 0 unspecified atom stereocenters. The molecule has 0 aliphatic heterocycles. The number of halogens is 1. The van der Waals surface area contributed by atoms with Gasteiger partial charge in [-0.15, -0.1) is 0 Å². The normalized spacial score (nSPS) is 9.74. The number of thiocarbonyl (C=S) groups is 1. The van der Waals surface area contributed by atoms with E-state index in [0.717, 1.165) is 5.57 Å². The Bertz CT molecular complexity index is 608. The summed E-state index contributed by atoms with van der Waals surface area (Å²) in [7, 11) is 1.51. The Morgan fingerprint density at radius 1 is 1.39 bits per heavy atom. The molecule has 0 radical (unpaired) electrons. The zero-order valence-corrected chi connectivity index (χ0v) is 15.7. The van der Waals surface area contributed by atoms with Crippen molar-refractivity contribution in [2.45, 2.75) is 13.8 Å². The number of hydrogen-bond donors (Lipinski definition) is 3. The number of carbonyl (C=O) groups excluding carboxylic acids is 1. The lowest BCUT2D eigenvalue weighted by Gasteiger charge is -2.14. The molecule has 0 fully saturated rings. The first-order valence-corrected chi connectivity index (χ1v) is 8.08. The van der Waals surface area contributed by atoms with E-state index < -0.39 is 0 Å². The second kappa shape index (κ2) is 9.36. The van der Waals surface area contributed by atoms with Crippen LogP contribution in [0.2, 0.25) is 0 Å². The van der Waals surface area contributed by atoms with Crippen molar-refractivity contribution < 1.29 is 14.3 Å². The van der Waals surface area contributed by atoms with Crippen molar-refractivity contribution in [3.8, 4) is 11.5 Å². The molecule has 1 rings (SSSR count). The highest BCUT2D eigenvalue weighted by Crippen LogP contribution is 2.36. The third-order valence-corrected chi connectivity index (χ3v) is 3.46. The van der Waals surface area contributed by atoms with Crippen LogP contribution in [0.25, 0.3) is 0 Å². The quantitative estimate of drug-likeness (QED) is 0.386. The van der Waals surface area contributed by atoms with E-state index >= 15 is 0 Å². The molecule has 0 atom stereocenters. The molecule has 0 saturated heterocycles. The van der Waals surface area contributed by atoms with Gasteiger partial charge in [-0.2, -0.15) is 0 Å². The summed E-state index contributed by atoms with van der Waals surface area (Å²) in [6.07, 6.45) is 0. The number of hydrogen-bond acceptors (Lipinski definition) is 4. The number of methoxy groups -OCH3 is 1. The summed E-state index contributed by atoms with van der Waals surface area (Å²) in [4.78, 5) is 12.2. The third kappa shape index (κ3) is 6.07. The maximum atomic E-state index is 12.2. The Kier molecular flexibility index (Phi) is 7.84. The highest BCUT2D eigenvalue weighted by atomic mass is 79.9. The second-order valence-corrected chi connectivity index (χ2v) is 5.90. The van der Waals surface area contributed by atoms with Crippen LogP contribution in [0.1, 0.15) is 24.2 Å². The van der Waals surface area contributed by atoms with Crippen molar-refractivity contribution in [1.29, 1.82) is 0 Å². The number of carbonyl (C=O) groups is 1. The number of rotatable bonds is 6. The summed E-state index contributed by atoms with van der Waals surface area (Å²) >= 11 is 8.41. The highest BCUT2D eigenvalue weighted by molar-refractivity contribution is 9.10. The molecule has 0 bridgehead atoms. The van der Waals surface area contributed by atoms with E-state index in [1.165, 1.54) is 7.11 Å². The Hall–Kier alpha value is -1.80. The van der Waals surface area contributed by atoms with Gasteiger partial charge in [0.1, 0.15) is 0 Å². The highest BCUT2D eigenvalue weighted by Gasteiger charge is 2.15. The standard InChI is InChI=1S/C15H20BrN3O3S/c1-5-22-13-11(16)6-10(7-12(13)21-4)14(20)18-19-15(23)17-8-9(2)3/h6-7H,2,5,8H2,1,3-4H3,(H,18,20)(H2,17,19,23). The van der Waals surface area contributed by atoms with Crippen molar-refractivity contribution in [2.75, 3.05) is 20.3 Å². The van der Waals surface area contributed by atoms with Gasteiger partial charge in [-0.3, -0.25) is 15.6 Å². The van der Waals surface area contributed by atoms with Gasteiger partial charge >= 0.3 is 0 Å². The van der Waals surface area contributed by atoms with Crippen LogP contribution < -0.4 is 25.6 Å². The largest absolute Gasteiger partial charge is 0.493 e. The van der Waals surface area contributed by atoms with Crippen molar-refractivity contribution in [1.82, 2.24) is 16.2 Å². The predicted octanol–water partition coefficient (Wildman–Crippen LogP) is 2.54. The molecule has 1 amide bonds. The SMILES string of the molecule is C=C(C)CNC(=S)NNC(=O)c1cc(Br)c(OCC)c(OC)c1. The van der Waals surface area contributed by atoms with Gasteiger partial charge in [0.05, 0.1) is 18.2 Å². The van der Waals surface area contributed by atoms with Gasteiger partial charge in [-0.05, 0) is 54.1 Å². The molecule has 23 heavy (non-hydrogen) atoms. The molecule has 3 N–H and O–H groups in total. The van der Waals surface area contributed by atoms with Gasteiger partial charge in [0.15, 0.2) is 16.6 Å². The van der Waals surface area contributed by atoms with Crippen LogP contribution in [0, 0.1) is 0 Å². The van der Waals surface area contributed by atoms with Gasteiger partial charge in [0.2, 0.25) is 0 Å². The van der Waals surface area contributed by atoms with E-state index in [1.54, 1.807) is 12.1 Å². The lowest BCUT2D eigenvalue weighted by Crippen LogP contribution is -2.47. The molecular weight excluding hydrogens is 382 g/mol. The first-order valence-electron chi connectivity index (χ1n) is 6.87. The number of hydrazine groups is 1. The molecule has 0 aliphatic carbocycles. The minimum atomic E-state index is -0.355. The fourth-order valence-electron chi connectivity index (χ4n) is 1.60. The molecule has 1 aromatic rings. The lowest BCUT2D eigenvalue weighted by molar-refractivity contribution is 0.0943. The summed E-state index contributed by atoms with van der Waals surface area (Å²) in [5.74, 6) is 0.666. The van der Waals surface area contributed by atoms with Crippen LogP contribution in [-0.4, -0.2) is 31.3 Å². The van der Waals surface area contributed by atoms with Crippen molar-refractivity contribution in [3.05, 3.63) is 34.3 Å². The topological polar surface area (TPSA) is 71.6 Å². The van der Waals surface area contributed by atoms with Crippen LogP contribution in [-0.2, 0) is 0 Å². The number of nitrogens with one attached hydrogen (secondary N) is 3. The molecule has 0 aliphatic rings. The Balaban J connectivity index is 2.75. The molecule has 1 aromatic carbocycles. The lowest BCUT2D eigenvalue weighted by atomic mass is 10.2. The minimum Gasteiger partial charge on any atom is -0.493 e. The Morgan fingerprint density at radius 2 is 2.09 bits per heavy atom. The number of ether oxygens (including phenoxy) is 2. The van der Waals surface area contributed by atoms with Crippen LogP contribution in [0.5, 0.6) is 11.5 Å². The van der Waals surface area contributed by atoms with Crippen molar-refractivity contribution >= 4 is 39.2 Å². The average molecular weight is 402 g/mol. The molecule has 126 valence electrons.